The minimum absolute atomic E-state index is 0.0324. The van der Waals surface area contributed by atoms with E-state index in [1.54, 1.807) is 7.05 Å². The zero-order chi connectivity index (χ0) is 26.9. The Morgan fingerprint density at radius 1 is 0.889 bits per heavy atom. The van der Waals surface area contributed by atoms with E-state index in [1.165, 1.54) is 17.9 Å². The molecule has 3 heterocycles. The standard InChI is InChI=1S/C21H26N4O11/c1-9(26)32-7-13-15(33-10(2)27)16(34-11(3)28)17(35-12(4)29)20(36-13)25-19(30)14-18(22-8-23(14)5)24(6)21(25)31/h8,13,15-17,20H,7H2,1-6H3/t13-,15-,16+,17-,20?/m1/s1. The number of rotatable bonds is 6. The quantitative estimate of drug-likeness (QED) is 0.332. The summed E-state index contributed by atoms with van der Waals surface area (Å²) in [4.78, 5) is 78.2. The molecule has 2 aromatic rings. The van der Waals surface area contributed by atoms with E-state index in [0.29, 0.717) is 4.57 Å². The van der Waals surface area contributed by atoms with Gasteiger partial charge in [0.15, 0.2) is 35.7 Å². The molecule has 0 amide bonds. The fourth-order valence-corrected chi connectivity index (χ4v) is 4.00. The van der Waals surface area contributed by atoms with E-state index in [4.69, 9.17) is 23.7 Å². The van der Waals surface area contributed by atoms with Crippen molar-refractivity contribution in [3.05, 3.63) is 27.2 Å². The van der Waals surface area contributed by atoms with Crippen molar-refractivity contribution in [2.45, 2.75) is 58.3 Å². The van der Waals surface area contributed by atoms with Crippen LogP contribution in [0.1, 0.15) is 33.9 Å². The zero-order valence-corrected chi connectivity index (χ0v) is 20.5. The molecule has 1 fully saturated rings. The van der Waals surface area contributed by atoms with Crippen LogP contribution in [0.4, 0.5) is 0 Å². The number of nitrogens with zero attached hydrogens (tertiary/aromatic N) is 4. The molecule has 3 rings (SSSR count). The van der Waals surface area contributed by atoms with Crippen LogP contribution in [-0.4, -0.2) is 73.6 Å². The molecule has 1 aliphatic rings. The molecule has 0 aliphatic carbocycles. The molecule has 0 saturated carbocycles. The highest BCUT2D eigenvalue weighted by Crippen LogP contribution is 2.33. The van der Waals surface area contributed by atoms with Crippen molar-refractivity contribution >= 4 is 35.0 Å². The van der Waals surface area contributed by atoms with E-state index in [2.05, 4.69) is 4.98 Å². The van der Waals surface area contributed by atoms with Gasteiger partial charge in [-0.3, -0.25) is 28.5 Å². The summed E-state index contributed by atoms with van der Waals surface area (Å²) in [6.07, 6.45) is -6.22. The number of hydrogen-bond acceptors (Lipinski definition) is 12. The molecule has 0 aromatic carbocycles. The maximum Gasteiger partial charge on any atom is 0.334 e. The highest BCUT2D eigenvalue weighted by atomic mass is 16.7. The van der Waals surface area contributed by atoms with Gasteiger partial charge in [0.1, 0.15) is 12.7 Å². The lowest BCUT2D eigenvalue weighted by Crippen LogP contribution is -2.63. The van der Waals surface area contributed by atoms with Crippen molar-refractivity contribution in [3.8, 4) is 0 Å². The van der Waals surface area contributed by atoms with Crippen molar-refractivity contribution in [1.82, 2.24) is 18.7 Å². The van der Waals surface area contributed by atoms with Gasteiger partial charge in [0.05, 0.1) is 6.33 Å². The molecule has 2 aromatic heterocycles. The molecule has 0 bridgehead atoms. The number of carbonyl (C=O) groups is 4. The van der Waals surface area contributed by atoms with E-state index < -0.39 is 72.4 Å². The molecule has 0 radical (unpaired) electrons. The highest BCUT2D eigenvalue weighted by Gasteiger charge is 2.53. The number of aromatic nitrogens is 4. The summed E-state index contributed by atoms with van der Waals surface area (Å²) in [5.41, 5.74) is -1.60. The second-order valence-corrected chi connectivity index (χ2v) is 8.13. The van der Waals surface area contributed by atoms with Crippen molar-refractivity contribution in [3.63, 3.8) is 0 Å². The number of ether oxygens (including phenoxy) is 5. The number of hydrogen-bond donors (Lipinski definition) is 0. The number of carbonyl (C=O) groups excluding carboxylic acids is 4. The maximum absolute atomic E-state index is 13.5. The van der Waals surface area contributed by atoms with Gasteiger partial charge in [-0.1, -0.05) is 0 Å². The maximum atomic E-state index is 13.5. The summed E-state index contributed by atoms with van der Waals surface area (Å²) in [6.45, 7) is 3.82. The first-order valence-corrected chi connectivity index (χ1v) is 10.8. The number of imidazole rings is 1. The Morgan fingerprint density at radius 3 is 2.00 bits per heavy atom. The van der Waals surface area contributed by atoms with Crippen LogP contribution < -0.4 is 11.2 Å². The van der Waals surface area contributed by atoms with Crippen LogP contribution in [0.3, 0.4) is 0 Å². The van der Waals surface area contributed by atoms with Crippen LogP contribution in [0, 0.1) is 0 Å². The Bertz CT molecular complexity index is 1320. The summed E-state index contributed by atoms with van der Waals surface area (Å²) < 4.78 is 30.1. The summed E-state index contributed by atoms with van der Waals surface area (Å²) in [7, 11) is 2.91. The van der Waals surface area contributed by atoms with E-state index >= 15 is 0 Å². The van der Waals surface area contributed by atoms with Gasteiger partial charge >= 0.3 is 29.6 Å². The minimum atomic E-state index is -1.67. The predicted molar refractivity (Wildman–Crippen MR) is 117 cm³/mol. The smallest absolute Gasteiger partial charge is 0.334 e. The van der Waals surface area contributed by atoms with Gasteiger partial charge in [0, 0.05) is 41.8 Å². The average molecular weight is 510 g/mol. The number of fused-ring (bicyclic) bond motifs is 1. The molecular weight excluding hydrogens is 484 g/mol. The van der Waals surface area contributed by atoms with Crippen LogP contribution in [0.25, 0.3) is 11.2 Å². The Morgan fingerprint density at radius 2 is 1.44 bits per heavy atom. The molecule has 1 saturated heterocycles. The molecule has 0 spiro atoms. The average Bonchev–Trinajstić information content (AvgIpc) is 3.15. The van der Waals surface area contributed by atoms with Crippen molar-refractivity contribution in [2.75, 3.05) is 6.61 Å². The van der Waals surface area contributed by atoms with Crippen LogP contribution >= 0.6 is 0 Å². The molecule has 36 heavy (non-hydrogen) atoms. The minimum Gasteiger partial charge on any atom is -0.463 e. The molecular formula is C21H26N4O11. The van der Waals surface area contributed by atoms with Crippen LogP contribution in [0.15, 0.2) is 15.9 Å². The van der Waals surface area contributed by atoms with Gasteiger partial charge in [0.25, 0.3) is 5.56 Å². The van der Waals surface area contributed by atoms with E-state index in [9.17, 15) is 28.8 Å². The summed E-state index contributed by atoms with van der Waals surface area (Å²) in [5.74, 6) is -3.22. The second-order valence-electron chi connectivity index (χ2n) is 8.13. The van der Waals surface area contributed by atoms with Gasteiger partial charge in [-0.05, 0) is 0 Å². The van der Waals surface area contributed by atoms with Gasteiger partial charge < -0.3 is 28.3 Å². The zero-order valence-electron chi connectivity index (χ0n) is 20.5. The lowest BCUT2D eigenvalue weighted by atomic mass is 9.97. The predicted octanol–water partition coefficient (Wildman–Crippen LogP) is -1.31. The first kappa shape index (κ1) is 26.6. The molecule has 15 nitrogen and oxygen atoms in total. The Balaban J connectivity index is 2.27. The third-order valence-corrected chi connectivity index (χ3v) is 5.37. The van der Waals surface area contributed by atoms with Gasteiger partial charge in [0.2, 0.25) is 0 Å². The van der Waals surface area contributed by atoms with Crippen molar-refractivity contribution < 1.29 is 42.9 Å². The Labute approximate surface area is 203 Å². The van der Waals surface area contributed by atoms with Crippen LogP contribution in [0.5, 0.6) is 0 Å². The van der Waals surface area contributed by atoms with Gasteiger partial charge in [-0.2, -0.15) is 0 Å². The largest absolute Gasteiger partial charge is 0.463 e. The van der Waals surface area contributed by atoms with Crippen LogP contribution in [-0.2, 0) is 57.0 Å². The highest BCUT2D eigenvalue weighted by molar-refractivity contribution is 5.70. The fourth-order valence-electron chi connectivity index (χ4n) is 4.00. The van der Waals surface area contributed by atoms with E-state index in [-0.39, 0.29) is 11.2 Å². The second kappa shape index (κ2) is 10.3. The first-order valence-electron chi connectivity index (χ1n) is 10.8. The molecule has 15 heteroatoms. The third-order valence-electron chi connectivity index (χ3n) is 5.37. The topological polar surface area (TPSA) is 176 Å². The fraction of sp³-hybridized carbons (Fsp3) is 0.571. The molecule has 0 N–H and O–H groups in total. The lowest BCUT2D eigenvalue weighted by Gasteiger charge is -2.44. The summed E-state index contributed by atoms with van der Waals surface area (Å²) in [6, 6.07) is 0. The van der Waals surface area contributed by atoms with Crippen molar-refractivity contribution in [1.29, 1.82) is 0 Å². The normalized spacial score (nSPS) is 23.7. The lowest BCUT2D eigenvalue weighted by molar-refractivity contribution is -0.269. The Kier molecular flexibility index (Phi) is 7.62. The van der Waals surface area contributed by atoms with Gasteiger partial charge in [-0.25, -0.2) is 14.3 Å². The molecule has 1 aliphatic heterocycles. The monoisotopic (exact) mass is 510 g/mol. The summed E-state index contributed by atoms with van der Waals surface area (Å²) >= 11 is 0. The number of aryl methyl sites for hydroxylation is 2. The molecule has 1 unspecified atom stereocenters. The number of esters is 4. The van der Waals surface area contributed by atoms with Crippen LogP contribution in [0.2, 0.25) is 0 Å². The first-order chi connectivity index (χ1) is 16.8. The SMILES string of the molecule is CC(=O)OC[C@H]1OC(n2c(=O)c3c(ncn3C)n(C)c2=O)[C@H](OC(C)=O)[C@@H](OC(C)=O)[C@@H]1OC(C)=O. The third kappa shape index (κ3) is 5.15. The summed E-state index contributed by atoms with van der Waals surface area (Å²) in [5, 5.41) is 0. The van der Waals surface area contributed by atoms with E-state index in [1.807, 2.05) is 0 Å². The van der Waals surface area contributed by atoms with E-state index in [0.717, 1.165) is 32.3 Å². The molecule has 5 atom stereocenters. The van der Waals surface area contributed by atoms with Gasteiger partial charge in [-0.15, -0.1) is 0 Å². The van der Waals surface area contributed by atoms with Crippen molar-refractivity contribution in [2.24, 2.45) is 14.1 Å². The molecule has 196 valence electrons. The Hall–Kier alpha value is -4.01.